The van der Waals surface area contributed by atoms with Crippen LogP contribution in [0.4, 0.5) is 5.69 Å². The van der Waals surface area contributed by atoms with Gasteiger partial charge in [0.05, 0.1) is 7.11 Å². The second-order valence-electron chi connectivity index (χ2n) is 6.58. The molecule has 1 saturated carbocycles. The van der Waals surface area contributed by atoms with Crippen LogP contribution < -0.4 is 9.64 Å². The number of hydrogen-bond donors (Lipinski definition) is 0. The van der Waals surface area contributed by atoms with Crippen molar-refractivity contribution < 1.29 is 14.1 Å². The number of hydrogen-bond acceptors (Lipinski definition) is 5. The maximum absolute atomic E-state index is 12.4. The van der Waals surface area contributed by atoms with Crippen molar-refractivity contribution in [3.63, 3.8) is 0 Å². The molecule has 0 N–H and O–H groups in total. The largest absolute Gasteiger partial charge is 0.497 e. The summed E-state index contributed by atoms with van der Waals surface area (Å²) in [5.74, 6) is 2.69. The van der Waals surface area contributed by atoms with Crippen LogP contribution in [0.5, 0.6) is 5.75 Å². The van der Waals surface area contributed by atoms with Crippen molar-refractivity contribution in [2.75, 3.05) is 18.6 Å². The van der Waals surface area contributed by atoms with Gasteiger partial charge in [-0.1, -0.05) is 18.0 Å². The maximum Gasteiger partial charge on any atom is 0.229 e. The van der Waals surface area contributed by atoms with E-state index in [2.05, 4.69) is 10.1 Å². The van der Waals surface area contributed by atoms with E-state index in [0.29, 0.717) is 24.7 Å². The molecule has 2 heterocycles. The Morgan fingerprint density at radius 2 is 1.92 bits per heavy atom. The Labute approximate surface area is 140 Å². The smallest absolute Gasteiger partial charge is 0.229 e. The van der Waals surface area contributed by atoms with Crippen LogP contribution in [0, 0.1) is 0 Å². The van der Waals surface area contributed by atoms with Gasteiger partial charge in [0, 0.05) is 30.5 Å². The standard InChI is InChI=1S/C18H21N3O3/c1-23-15-8-6-14(7-9-15)21-11-13(10-16(21)22)17-19-18(24-20-17)12-4-2-3-5-12/h6-9,12-13H,2-5,10-11H2,1H3/t13-/m0/s1. The maximum atomic E-state index is 12.4. The van der Waals surface area contributed by atoms with Gasteiger partial charge in [-0.3, -0.25) is 4.79 Å². The van der Waals surface area contributed by atoms with Crippen LogP contribution in [0.1, 0.15) is 55.7 Å². The first-order chi connectivity index (χ1) is 11.7. The number of anilines is 1. The molecular formula is C18H21N3O3. The average Bonchev–Trinajstić information content (AvgIpc) is 3.34. The SMILES string of the molecule is COc1ccc(N2C[C@@H](c3noc(C4CCCC4)n3)CC2=O)cc1. The number of nitrogens with zero attached hydrogens (tertiary/aromatic N) is 3. The Morgan fingerprint density at radius 3 is 2.62 bits per heavy atom. The monoisotopic (exact) mass is 327 g/mol. The molecule has 1 amide bonds. The molecule has 4 rings (SSSR count). The first kappa shape index (κ1) is 15.2. The summed E-state index contributed by atoms with van der Waals surface area (Å²) in [5.41, 5.74) is 0.878. The fourth-order valence-corrected chi connectivity index (χ4v) is 3.64. The summed E-state index contributed by atoms with van der Waals surface area (Å²) in [7, 11) is 1.63. The molecule has 0 bridgehead atoms. The van der Waals surface area contributed by atoms with Gasteiger partial charge in [0.15, 0.2) is 5.82 Å². The number of benzene rings is 1. The average molecular weight is 327 g/mol. The molecule has 2 aliphatic rings. The number of methoxy groups -OCH3 is 1. The summed E-state index contributed by atoms with van der Waals surface area (Å²) in [6.07, 6.45) is 5.15. The van der Waals surface area contributed by atoms with Gasteiger partial charge in [-0.15, -0.1) is 0 Å². The van der Waals surface area contributed by atoms with E-state index in [0.717, 1.165) is 30.2 Å². The molecule has 2 fully saturated rings. The summed E-state index contributed by atoms with van der Waals surface area (Å²) in [6, 6.07) is 7.53. The van der Waals surface area contributed by atoms with Crippen LogP contribution in [-0.2, 0) is 4.79 Å². The summed E-state index contributed by atoms with van der Waals surface area (Å²) in [6.45, 7) is 0.592. The third-order valence-electron chi connectivity index (χ3n) is 5.04. The van der Waals surface area contributed by atoms with Gasteiger partial charge < -0.3 is 14.2 Å². The lowest BCUT2D eigenvalue weighted by Crippen LogP contribution is -2.24. The van der Waals surface area contributed by atoms with Crippen LogP contribution in [0.15, 0.2) is 28.8 Å². The first-order valence-electron chi connectivity index (χ1n) is 8.52. The molecule has 126 valence electrons. The normalized spacial score (nSPS) is 21.6. The number of ether oxygens (including phenoxy) is 1. The number of carbonyl (C=O) groups is 1. The Kier molecular flexibility index (Phi) is 3.96. The van der Waals surface area contributed by atoms with Crippen molar-refractivity contribution in [1.82, 2.24) is 10.1 Å². The number of carbonyl (C=O) groups excluding carboxylic acids is 1. The minimum atomic E-state index is -0.00138. The second-order valence-corrected chi connectivity index (χ2v) is 6.58. The lowest BCUT2D eigenvalue weighted by Gasteiger charge is -2.16. The zero-order valence-electron chi connectivity index (χ0n) is 13.8. The molecular weight excluding hydrogens is 306 g/mol. The fourth-order valence-electron chi connectivity index (χ4n) is 3.64. The highest BCUT2D eigenvalue weighted by atomic mass is 16.5. The molecule has 1 aliphatic carbocycles. The van der Waals surface area contributed by atoms with Crippen molar-refractivity contribution in [2.24, 2.45) is 0 Å². The molecule has 1 aromatic heterocycles. The van der Waals surface area contributed by atoms with Gasteiger partial charge in [-0.2, -0.15) is 4.98 Å². The third-order valence-corrected chi connectivity index (χ3v) is 5.04. The highest BCUT2D eigenvalue weighted by Gasteiger charge is 2.35. The minimum Gasteiger partial charge on any atom is -0.497 e. The number of rotatable bonds is 4. The van der Waals surface area contributed by atoms with Crippen molar-refractivity contribution in [2.45, 2.75) is 43.9 Å². The van der Waals surface area contributed by atoms with E-state index in [1.807, 2.05) is 24.3 Å². The van der Waals surface area contributed by atoms with E-state index >= 15 is 0 Å². The first-order valence-corrected chi connectivity index (χ1v) is 8.52. The minimum absolute atomic E-state index is 0.00138. The molecule has 1 aromatic carbocycles. The molecule has 24 heavy (non-hydrogen) atoms. The molecule has 0 spiro atoms. The molecule has 2 aromatic rings. The van der Waals surface area contributed by atoms with E-state index in [9.17, 15) is 4.79 Å². The van der Waals surface area contributed by atoms with Crippen molar-refractivity contribution in [1.29, 1.82) is 0 Å². The Bertz CT molecular complexity index is 719. The van der Waals surface area contributed by atoms with Gasteiger partial charge in [-0.05, 0) is 37.1 Å². The van der Waals surface area contributed by atoms with E-state index in [-0.39, 0.29) is 11.8 Å². The molecule has 6 nitrogen and oxygen atoms in total. The highest BCUT2D eigenvalue weighted by molar-refractivity contribution is 5.96. The Morgan fingerprint density at radius 1 is 1.17 bits per heavy atom. The topological polar surface area (TPSA) is 68.5 Å². The van der Waals surface area contributed by atoms with E-state index in [1.165, 1.54) is 12.8 Å². The quantitative estimate of drug-likeness (QED) is 0.862. The predicted octanol–water partition coefficient (Wildman–Crippen LogP) is 3.26. The molecule has 6 heteroatoms. The van der Waals surface area contributed by atoms with Crippen molar-refractivity contribution in [3.05, 3.63) is 36.0 Å². The van der Waals surface area contributed by atoms with Gasteiger partial charge in [0.1, 0.15) is 5.75 Å². The van der Waals surface area contributed by atoms with E-state index in [1.54, 1.807) is 12.0 Å². The van der Waals surface area contributed by atoms with Crippen molar-refractivity contribution in [3.8, 4) is 5.75 Å². The summed E-state index contributed by atoms with van der Waals surface area (Å²) < 4.78 is 10.6. The highest BCUT2D eigenvalue weighted by Crippen LogP contribution is 2.35. The van der Waals surface area contributed by atoms with Gasteiger partial charge in [0.25, 0.3) is 0 Å². The third kappa shape index (κ3) is 2.77. The lowest BCUT2D eigenvalue weighted by atomic mass is 10.1. The summed E-state index contributed by atoms with van der Waals surface area (Å²) >= 11 is 0. The lowest BCUT2D eigenvalue weighted by molar-refractivity contribution is -0.117. The zero-order valence-corrected chi connectivity index (χ0v) is 13.8. The van der Waals surface area contributed by atoms with E-state index in [4.69, 9.17) is 9.26 Å². The molecule has 1 aliphatic heterocycles. The Balaban J connectivity index is 1.49. The fraction of sp³-hybridized carbons (Fsp3) is 0.500. The summed E-state index contributed by atoms with van der Waals surface area (Å²) in [4.78, 5) is 18.8. The number of aromatic nitrogens is 2. The van der Waals surface area contributed by atoms with Gasteiger partial charge >= 0.3 is 0 Å². The van der Waals surface area contributed by atoms with Crippen LogP contribution in [-0.4, -0.2) is 29.7 Å². The van der Waals surface area contributed by atoms with E-state index < -0.39 is 0 Å². The predicted molar refractivity (Wildman–Crippen MR) is 88.2 cm³/mol. The molecule has 0 unspecified atom stereocenters. The number of amides is 1. The molecule has 1 atom stereocenters. The zero-order chi connectivity index (χ0) is 16.5. The van der Waals surface area contributed by atoms with Gasteiger partial charge in [0.2, 0.25) is 11.8 Å². The van der Waals surface area contributed by atoms with Gasteiger partial charge in [-0.25, -0.2) is 0 Å². The Hall–Kier alpha value is -2.37. The molecule has 1 saturated heterocycles. The van der Waals surface area contributed by atoms with Crippen LogP contribution in [0.2, 0.25) is 0 Å². The van der Waals surface area contributed by atoms with Crippen LogP contribution >= 0.6 is 0 Å². The molecule has 0 radical (unpaired) electrons. The van der Waals surface area contributed by atoms with Crippen LogP contribution in [0.25, 0.3) is 0 Å². The summed E-state index contributed by atoms with van der Waals surface area (Å²) in [5, 5.41) is 4.15. The van der Waals surface area contributed by atoms with Crippen molar-refractivity contribution >= 4 is 11.6 Å². The van der Waals surface area contributed by atoms with Crippen LogP contribution in [0.3, 0.4) is 0 Å². The second kappa shape index (κ2) is 6.26.